The third-order valence-corrected chi connectivity index (χ3v) is 7.02. The first kappa shape index (κ1) is 34.2. The molecular formula is C26H28F8N2O6S. The van der Waals surface area contributed by atoms with Crippen LogP contribution < -0.4 is 14.2 Å². The number of halogens is 8. The first-order chi connectivity index (χ1) is 19.6. The van der Waals surface area contributed by atoms with E-state index in [4.69, 9.17) is 9.47 Å². The Bertz CT molecular complexity index is 1420. The van der Waals surface area contributed by atoms with Gasteiger partial charge in [-0.3, -0.25) is 4.90 Å². The van der Waals surface area contributed by atoms with Crippen molar-refractivity contribution in [3.05, 3.63) is 58.7 Å². The third kappa shape index (κ3) is 8.84. The summed E-state index contributed by atoms with van der Waals surface area (Å²) in [6.45, 7) is 4.29. The van der Waals surface area contributed by atoms with Crippen molar-refractivity contribution in [2.24, 2.45) is 0 Å². The molecule has 8 nitrogen and oxygen atoms in total. The van der Waals surface area contributed by atoms with Crippen molar-refractivity contribution in [2.75, 3.05) is 19.7 Å². The van der Waals surface area contributed by atoms with E-state index in [2.05, 4.69) is 9.50 Å². The van der Waals surface area contributed by atoms with E-state index in [-0.39, 0.29) is 36.4 Å². The number of amides is 1. The van der Waals surface area contributed by atoms with Gasteiger partial charge in [0.1, 0.15) is 35.3 Å². The summed E-state index contributed by atoms with van der Waals surface area (Å²) >= 11 is 0. The molecule has 0 bridgehead atoms. The van der Waals surface area contributed by atoms with Gasteiger partial charge in [-0.1, -0.05) is 6.07 Å². The van der Waals surface area contributed by atoms with E-state index in [1.54, 1.807) is 20.8 Å². The highest BCUT2D eigenvalue weighted by Gasteiger charge is 2.49. The third-order valence-electron chi connectivity index (χ3n) is 6.04. The molecule has 0 saturated heterocycles. The second-order valence-electron chi connectivity index (χ2n) is 10.7. The summed E-state index contributed by atoms with van der Waals surface area (Å²) in [5.74, 6) is -3.69. The lowest BCUT2D eigenvalue weighted by molar-refractivity contribution is -0.155. The second-order valence-corrected chi connectivity index (χ2v) is 12.2. The minimum Gasteiger partial charge on any atom is -0.492 e. The van der Waals surface area contributed by atoms with Crippen molar-refractivity contribution in [3.63, 3.8) is 0 Å². The molecule has 1 aliphatic heterocycles. The van der Waals surface area contributed by atoms with E-state index in [0.29, 0.717) is 0 Å². The molecule has 0 aromatic heterocycles. The molecule has 43 heavy (non-hydrogen) atoms. The van der Waals surface area contributed by atoms with Gasteiger partial charge in [0.05, 0.1) is 19.1 Å². The van der Waals surface area contributed by atoms with Crippen LogP contribution in [0.2, 0.25) is 0 Å². The molecule has 0 aliphatic carbocycles. The average molecular weight is 649 g/mol. The largest absolute Gasteiger partial charge is 0.534 e. The van der Waals surface area contributed by atoms with Crippen LogP contribution in [0.5, 0.6) is 11.5 Å². The maximum atomic E-state index is 15.4. The highest BCUT2D eigenvalue weighted by Crippen LogP contribution is 2.43. The molecule has 17 heteroatoms. The predicted molar refractivity (Wildman–Crippen MR) is 136 cm³/mol. The van der Waals surface area contributed by atoms with Crippen molar-refractivity contribution >= 4 is 16.2 Å². The normalized spacial score (nSPS) is 18.1. The van der Waals surface area contributed by atoms with E-state index in [1.807, 2.05) is 0 Å². The number of nitrogens with one attached hydrogen (secondary N) is 1. The number of carbonyl (C=O) groups is 1. The first-order valence-electron chi connectivity index (χ1n) is 12.6. The summed E-state index contributed by atoms with van der Waals surface area (Å²) in [6.07, 6.45) is -5.80. The standard InChI is InChI=1S/C26H28F8N2O6S/c1-14-9-15-10-16(42-43(38,39)26(32,33)34)5-6-18(15)22(36(14)13-25(29,30)31)21-19(27)11-17(12-20(21)28)40-8-7-35-23(37)41-24(2,3)4/h5-6,10-12,14,22H,7-9,13H2,1-4H3,(H,35,37). The smallest absolute Gasteiger partial charge is 0.492 e. The maximum Gasteiger partial charge on any atom is 0.534 e. The summed E-state index contributed by atoms with van der Waals surface area (Å²) in [6, 6.07) is 1.30. The molecule has 0 saturated carbocycles. The van der Waals surface area contributed by atoms with Gasteiger partial charge in [-0.25, -0.2) is 13.6 Å². The number of carbonyl (C=O) groups excluding carboxylic acids is 1. The van der Waals surface area contributed by atoms with Crippen molar-refractivity contribution in [3.8, 4) is 11.5 Å². The monoisotopic (exact) mass is 648 g/mol. The maximum absolute atomic E-state index is 15.4. The number of nitrogens with zero attached hydrogens (tertiary/aromatic N) is 1. The molecule has 2 aromatic carbocycles. The lowest BCUT2D eigenvalue weighted by atomic mass is 9.84. The van der Waals surface area contributed by atoms with Gasteiger partial charge in [0, 0.05) is 23.7 Å². The van der Waals surface area contributed by atoms with Crippen LogP contribution in [-0.4, -0.2) is 62.4 Å². The SMILES string of the molecule is CC1Cc2cc(OS(=O)(=O)C(F)(F)F)ccc2C(c2c(F)cc(OCCNC(=O)OC(C)(C)C)cc2F)N1CC(F)(F)F. The van der Waals surface area contributed by atoms with E-state index in [1.165, 1.54) is 6.92 Å². The zero-order valence-electron chi connectivity index (χ0n) is 23.2. The fourth-order valence-electron chi connectivity index (χ4n) is 4.44. The number of alkyl halides is 6. The molecule has 3 rings (SSSR count). The predicted octanol–water partition coefficient (Wildman–Crippen LogP) is 6.00. The van der Waals surface area contributed by atoms with E-state index < -0.39 is 75.1 Å². The van der Waals surface area contributed by atoms with Gasteiger partial charge in [-0.15, -0.1) is 0 Å². The fraction of sp³-hybridized carbons (Fsp3) is 0.500. The van der Waals surface area contributed by atoms with Gasteiger partial charge in [0.15, 0.2) is 0 Å². The second kappa shape index (κ2) is 12.3. The molecule has 1 heterocycles. The number of hydrogen-bond donors (Lipinski definition) is 1. The molecule has 1 aliphatic rings. The molecule has 0 spiro atoms. The summed E-state index contributed by atoms with van der Waals surface area (Å²) in [5.41, 5.74) is -7.39. The topological polar surface area (TPSA) is 94.2 Å². The number of hydrogen-bond acceptors (Lipinski definition) is 7. The molecule has 0 radical (unpaired) electrons. The highest BCUT2D eigenvalue weighted by molar-refractivity contribution is 7.88. The molecule has 2 aromatic rings. The quantitative estimate of drug-likeness (QED) is 0.163. The Labute approximate surface area is 242 Å². The average Bonchev–Trinajstić information content (AvgIpc) is 2.80. The van der Waals surface area contributed by atoms with Crippen LogP contribution in [-0.2, 0) is 21.3 Å². The molecule has 1 N–H and O–H groups in total. The van der Waals surface area contributed by atoms with Crippen LogP contribution in [0.4, 0.5) is 39.9 Å². The van der Waals surface area contributed by atoms with Crippen molar-refractivity contribution < 1.29 is 62.0 Å². The summed E-state index contributed by atoms with van der Waals surface area (Å²) in [5, 5.41) is 2.37. The minimum absolute atomic E-state index is 0.0261. The molecule has 2 atom stereocenters. The number of rotatable bonds is 8. The van der Waals surface area contributed by atoms with E-state index in [0.717, 1.165) is 35.2 Å². The van der Waals surface area contributed by atoms with Crippen LogP contribution >= 0.6 is 0 Å². The highest BCUT2D eigenvalue weighted by atomic mass is 32.2. The summed E-state index contributed by atoms with van der Waals surface area (Å²) < 4.78 is 147. The Kier molecular flexibility index (Phi) is 9.80. The molecule has 2 unspecified atom stereocenters. The fourth-order valence-corrected chi connectivity index (χ4v) is 4.89. The van der Waals surface area contributed by atoms with E-state index >= 15 is 8.78 Å². The minimum atomic E-state index is -6.06. The summed E-state index contributed by atoms with van der Waals surface area (Å²) in [4.78, 5) is 12.5. The molecular weight excluding hydrogens is 620 g/mol. The lowest BCUT2D eigenvalue weighted by Gasteiger charge is -2.42. The van der Waals surface area contributed by atoms with Gasteiger partial charge in [0.25, 0.3) is 0 Å². The first-order valence-corrected chi connectivity index (χ1v) is 14.0. The van der Waals surface area contributed by atoms with Crippen LogP contribution in [0, 0.1) is 11.6 Å². The Morgan fingerprint density at radius 1 is 1.00 bits per heavy atom. The number of ether oxygens (including phenoxy) is 2. The van der Waals surface area contributed by atoms with Crippen LogP contribution in [0.3, 0.4) is 0 Å². The van der Waals surface area contributed by atoms with Gasteiger partial charge >= 0.3 is 27.9 Å². The van der Waals surface area contributed by atoms with Crippen LogP contribution in [0.25, 0.3) is 0 Å². The van der Waals surface area contributed by atoms with Gasteiger partial charge in [-0.05, 0) is 57.4 Å². The van der Waals surface area contributed by atoms with Crippen molar-refractivity contribution in [2.45, 2.75) is 63.5 Å². The van der Waals surface area contributed by atoms with Gasteiger partial charge < -0.3 is 19.0 Å². The zero-order valence-corrected chi connectivity index (χ0v) is 24.0. The van der Waals surface area contributed by atoms with Crippen LogP contribution in [0.15, 0.2) is 30.3 Å². The number of alkyl carbamates (subject to hydrolysis) is 1. The van der Waals surface area contributed by atoms with Gasteiger partial charge in [0.2, 0.25) is 0 Å². The Balaban J connectivity index is 1.94. The number of fused-ring (bicyclic) bond motifs is 1. The Morgan fingerprint density at radius 3 is 2.14 bits per heavy atom. The molecule has 240 valence electrons. The van der Waals surface area contributed by atoms with Crippen LogP contribution in [0.1, 0.15) is 50.4 Å². The lowest BCUT2D eigenvalue weighted by Crippen LogP contribution is -2.47. The Morgan fingerprint density at radius 2 is 1.60 bits per heavy atom. The molecule has 0 fully saturated rings. The summed E-state index contributed by atoms with van der Waals surface area (Å²) in [7, 11) is -6.06. The van der Waals surface area contributed by atoms with Crippen molar-refractivity contribution in [1.82, 2.24) is 10.2 Å². The number of benzene rings is 2. The zero-order chi connectivity index (χ0) is 32.5. The van der Waals surface area contributed by atoms with E-state index in [9.17, 15) is 39.6 Å². The van der Waals surface area contributed by atoms with Crippen molar-refractivity contribution in [1.29, 1.82) is 0 Å². The Hall–Kier alpha value is -3.34. The van der Waals surface area contributed by atoms with Gasteiger partial charge in [-0.2, -0.15) is 34.8 Å². The molecule has 1 amide bonds.